The molecule has 2 aliphatic heterocycles. The van der Waals surface area contributed by atoms with Gasteiger partial charge in [-0.15, -0.1) is 0 Å². The van der Waals surface area contributed by atoms with Gasteiger partial charge < -0.3 is 20.0 Å². The molecule has 1 amide bonds. The van der Waals surface area contributed by atoms with Gasteiger partial charge in [0, 0.05) is 30.4 Å². The van der Waals surface area contributed by atoms with Crippen LogP contribution < -0.4 is 10.0 Å². The lowest BCUT2D eigenvalue weighted by Gasteiger charge is -2.43. The van der Waals surface area contributed by atoms with Crippen LogP contribution >= 0.6 is 0 Å². The molecule has 1 aliphatic carbocycles. The molecule has 11 heteroatoms. The van der Waals surface area contributed by atoms with E-state index in [1.807, 2.05) is 0 Å². The summed E-state index contributed by atoms with van der Waals surface area (Å²) in [5.41, 5.74) is 1.85. The average molecular weight is 545 g/mol. The number of hydrogen-bond donors (Lipinski definition) is 3. The molecule has 3 N–H and O–H groups in total. The lowest BCUT2D eigenvalue weighted by Crippen LogP contribution is -2.51. The minimum Gasteiger partial charge on any atom is -0.511 e. The fourth-order valence-electron chi connectivity index (χ4n) is 5.33. The molecule has 0 bridgehead atoms. The Morgan fingerprint density at radius 1 is 1.16 bits per heavy atom. The summed E-state index contributed by atoms with van der Waals surface area (Å²) in [6, 6.07) is 10.8. The van der Waals surface area contributed by atoms with Crippen LogP contribution in [0.2, 0.25) is 0 Å². The van der Waals surface area contributed by atoms with E-state index in [9.17, 15) is 22.7 Å². The third kappa shape index (κ3) is 5.33. The van der Waals surface area contributed by atoms with Crippen LogP contribution in [-0.4, -0.2) is 42.5 Å². The Kier molecular flexibility index (Phi) is 7.43. The molecule has 2 heterocycles. The van der Waals surface area contributed by atoms with Crippen molar-refractivity contribution in [2.45, 2.75) is 56.0 Å². The van der Waals surface area contributed by atoms with Gasteiger partial charge in [0.2, 0.25) is 0 Å². The summed E-state index contributed by atoms with van der Waals surface area (Å²) in [6.07, 6.45) is 7.00. The van der Waals surface area contributed by atoms with Gasteiger partial charge >= 0.3 is 0 Å². The second kappa shape index (κ2) is 10.7. The van der Waals surface area contributed by atoms with Crippen LogP contribution in [0.25, 0.3) is 0 Å². The highest BCUT2D eigenvalue weighted by atomic mass is 32.2. The first kappa shape index (κ1) is 25.6. The molecule has 1 fully saturated rings. The number of aliphatic hydroxyl groups is 1. The van der Waals surface area contributed by atoms with Crippen LogP contribution in [0.4, 0.5) is 15.8 Å². The van der Waals surface area contributed by atoms with Gasteiger partial charge in [0.05, 0.1) is 10.6 Å². The smallest absolute Gasteiger partial charge is 0.261 e. The van der Waals surface area contributed by atoms with Crippen molar-refractivity contribution in [3.63, 3.8) is 0 Å². The van der Waals surface area contributed by atoms with Gasteiger partial charge in [0.25, 0.3) is 5.91 Å². The van der Waals surface area contributed by atoms with Crippen LogP contribution in [0.1, 0.15) is 44.1 Å². The number of carbonyl (C=O) groups excluding carboxylic acids is 1. The zero-order valence-electron chi connectivity index (χ0n) is 20.4. The van der Waals surface area contributed by atoms with E-state index in [2.05, 4.69) is 14.4 Å². The number of carbonyl (C=O) groups is 1. The summed E-state index contributed by atoms with van der Waals surface area (Å²) < 4.78 is 45.2. The molecule has 0 radical (unpaired) electrons. The molecule has 37 heavy (non-hydrogen) atoms. The van der Waals surface area contributed by atoms with Crippen molar-refractivity contribution in [1.29, 1.82) is 0 Å². The van der Waals surface area contributed by atoms with Crippen molar-refractivity contribution in [1.82, 2.24) is 4.90 Å². The largest absolute Gasteiger partial charge is 0.511 e. The number of amidine groups is 1. The molecule has 5 rings (SSSR count). The number of anilines is 2. The Hall–Kier alpha value is -3.05. The number of halogens is 1. The fourth-order valence-corrected chi connectivity index (χ4v) is 6.73. The molecular weight excluding hydrogens is 515 g/mol. The van der Waals surface area contributed by atoms with Gasteiger partial charge in [-0.1, -0.05) is 37.8 Å². The Morgan fingerprint density at radius 2 is 1.89 bits per heavy atom. The van der Waals surface area contributed by atoms with E-state index in [1.165, 1.54) is 18.4 Å². The van der Waals surface area contributed by atoms with Crippen molar-refractivity contribution in [3.8, 4) is 0 Å². The SMILES string of the molecule is CS(=O)Nc1ccc2c(c1)S(=O)N=C(C1=C(O)C3CCCCCCC3N(Cc3ccc(F)cc3)C1=O)N2. The second-order valence-corrected chi connectivity index (χ2v) is 11.8. The topological polar surface area (TPSA) is 111 Å². The molecule has 4 unspecified atom stereocenters. The maximum Gasteiger partial charge on any atom is 0.261 e. The fraction of sp³-hybridized carbons (Fsp3) is 0.385. The summed E-state index contributed by atoms with van der Waals surface area (Å²) in [6.45, 7) is 0.271. The van der Waals surface area contributed by atoms with Crippen LogP contribution in [-0.2, 0) is 33.3 Å². The number of aliphatic hydroxyl groups excluding tert-OH is 1. The maximum absolute atomic E-state index is 13.9. The zero-order valence-corrected chi connectivity index (χ0v) is 22.0. The van der Waals surface area contributed by atoms with Crippen molar-refractivity contribution in [3.05, 3.63) is 65.2 Å². The van der Waals surface area contributed by atoms with Crippen LogP contribution in [0, 0.1) is 11.7 Å². The predicted octanol–water partition coefficient (Wildman–Crippen LogP) is 4.57. The molecule has 0 saturated heterocycles. The van der Waals surface area contributed by atoms with Crippen molar-refractivity contribution >= 4 is 45.1 Å². The third-order valence-corrected chi connectivity index (χ3v) is 8.66. The summed E-state index contributed by atoms with van der Waals surface area (Å²) in [7, 11) is -3.14. The van der Waals surface area contributed by atoms with Gasteiger partial charge in [0.15, 0.2) is 16.8 Å². The number of hydrogen-bond acceptors (Lipinski definition) is 5. The molecule has 0 aromatic heterocycles. The Labute approximate surface area is 220 Å². The standard InChI is InChI=1S/C26H29FN4O4S2/c1-36(34)29-18-12-13-20-22(14-18)37(35)30-25(28-20)23-24(32)19-6-4-2-3-5-7-21(19)31(26(23)33)15-16-8-10-17(27)11-9-16/h8-14,19,21,29,32H,2-7,15H2,1H3,(H,28,30). The summed E-state index contributed by atoms with van der Waals surface area (Å²) in [4.78, 5) is 16.1. The van der Waals surface area contributed by atoms with E-state index in [0.29, 0.717) is 16.3 Å². The number of nitrogens with zero attached hydrogens (tertiary/aromatic N) is 2. The van der Waals surface area contributed by atoms with Crippen molar-refractivity contribution < 1.29 is 22.7 Å². The number of rotatable bonds is 5. The molecule has 3 aliphatic rings. The average Bonchev–Trinajstić information content (AvgIpc) is 2.83. The van der Waals surface area contributed by atoms with E-state index in [1.54, 1.807) is 35.2 Å². The quantitative estimate of drug-likeness (QED) is 0.511. The Morgan fingerprint density at radius 3 is 2.62 bits per heavy atom. The number of benzene rings is 2. The van der Waals surface area contributed by atoms with E-state index in [-0.39, 0.29) is 41.5 Å². The van der Waals surface area contributed by atoms with Gasteiger partial charge in [0.1, 0.15) is 28.1 Å². The molecule has 2 aromatic carbocycles. The first-order valence-electron chi connectivity index (χ1n) is 12.3. The predicted molar refractivity (Wildman–Crippen MR) is 143 cm³/mol. The first-order chi connectivity index (χ1) is 17.8. The first-order valence-corrected chi connectivity index (χ1v) is 15.0. The maximum atomic E-state index is 13.9. The molecule has 8 nitrogen and oxygen atoms in total. The number of nitrogens with one attached hydrogen (secondary N) is 2. The minimum atomic E-state index is -1.84. The van der Waals surface area contributed by atoms with Gasteiger partial charge in [-0.25, -0.2) is 12.8 Å². The van der Waals surface area contributed by atoms with E-state index in [4.69, 9.17) is 0 Å². The van der Waals surface area contributed by atoms with Gasteiger partial charge in [-0.3, -0.25) is 4.79 Å². The normalized spacial score (nSPS) is 24.7. The van der Waals surface area contributed by atoms with Crippen LogP contribution in [0.5, 0.6) is 0 Å². The van der Waals surface area contributed by atoms with Crippen LogP contribution in [0.3, 0.4) is 0 Å². The molecule has 2 aromatic rings. The number of fused-ring (bicyclic) bond motifs is 2. The van der Waals surface area contributed by atoms with E-state index >= 15 is 0 Å². The monoisotopic (exact) mass is 544 g/mol. The number of amides is 1. The van der Waals surface area contributed by atoms with Crippen molar-refractivity contribution in [2.24, 2.45) is 10.3 Å². The highest BCUT2D eigenvalue weighted by molar-refractivity contribution is 7.85. The van der Waals surface area contributed by atoms with Crippen molar-refractivity contribution in [2.75, 3.05) is 16.3 Å². The van der Waals surface area contributed by atoms with E-state index < -0.39 is 27.9 Å². The van der Waals surface area contributed by atoms with Crippen LogP contribution in [0.15, 0.2) is 63.1 Å². The lowest BCUT2D eigenvalue weighted by molar-refractivity contribution is -0.133. The highest BCUT2D eigenvalue weighted by Gasteiger charge is 2.44. The van der Waals surface area contributed by atoms with Gasteiger partial charge in [-0.2, -0.15) is 4.40 Å². The Bertz CT molecular complexity index is 1330. The second-order valence-electron chi connectivity index (χ2n) is 9.57. The minimum absolute atomic E-state index is 0.0152. The summed E-state index contributed by atoms with van der Waals surface area (Å²) >= 11 is 0. The lowest BCUT2D eigenvalue weighted by atomic mass is 9.79. The Balaban J connectivity index is 1.52. The molecule has 0 spiro atoms. The van der Waals surface area contributed by atoms with E-state index in [0.717, 1.165) is 44.1 Å². The van der Waals surface area contributed by atoms with Gasteiger partial charge in [-0.05, 0) is 48.7 Å². The molecular formula is C26H29FN4O4S2. The highest BCUT2D eigenvalue weighted by Crippen LogP contribution is 2.39. The third-order valence-electron chi connectivity index (χ3n) is 7.07. The zero-order chi connectivity index (χ0) is 26.1. The summed E-state index contributed by atoms with van der Waals surface area (Å²) in [5.74, 6) is -0.952. The molecule has 196 valence electrons. The summed E-state index contributed by atoms with van der Waals surface area (Å²) in [5, 5.41) is 14.5. The molecule has 4 atom stereocenters. The molecule has 1 saturated carbocycles.